The molecule has 0 aliphatic heterocycles. The highest BCUT2D eigenvalue weighted by atomic mass is 16.5. The highest BCUT2D eigenvalue weighted by Crippen LogP contribution is 2.12. The second-order valence-corrected chi connectivity index (χ2v) is 4.80. The molecule has 1 amide bonds. The van der Waals surface area contributed by atoms with E-state index in [0.29, 0.717) is 13.0 Å². The van der Waals surface area contributed by atoms with Crippen molar-refractivity contribution in [3.63, 3.8) is 0 Å². The van der Waals surface area contributed by atoms with Crippen molar-refractivity contribution < 1.29 is 19.4 Å². The molecule has 2 atom stereocenters. The lowest BCUT2D eigenvalue weighted by Gasteiger charge is -2.15. The van der Waals surface area contributed by atoms with Gasteiger partial charge in [0.25, 0.3) is 0 Å². The fraction of sp³-hybridized carbons (Fsp3) is 0.467. The van der Waals surface area contributed by atoms with Gasteiger partial charge in [-0.05, 0) is 24.1 Å². The third-order valence-electron chi connectivity index (χ3n) is 3.43. The highest BCUT2D eigenvalue weighted by molar-refractivity contribution is 5.84. The van der Waals surface area contributed by atoms with Gasteiger partial charge in [-0.25, -0.2) is 0 Å². The molecular formula is C15H21NO4. The zero-order valence-electron chi connectivity index (χ0n) is 12.1. The third kappa shape index (κ3) is 4.57. The minimum absolute atomic E-state index is 0.228. The third-order valence-corrected chi connectivity index (χ3v) is 3.43. The second-order valence-electron chi connectivity index (χ2n) is 4.80. The van der Waals surface area contributed by atoms with Crippen LogP contribution in [0.1, 0.15) is 19.4 Å². The van der Waals surface area contributed by atoms with Gasteiger partial charge >= 0.3 is 5.97 Å². The number of aliphatic carboxylic acids is 1. The summed E-state index contributed by atoms with van der Waals surface area (Å²) in [6, 6.07) is 7.61. The number of methoxy groups -OCH3 is 1. The molecule has 0 spiro atoms. The normalized spacial score (nSPS) is 13.3. The number of ether oxygens (including phenoxy) is 1. The largest absolute Gasteiger partial charge is 0.497 e. The van der Waals surface area contributed by atoms with Gasteiger partial charge in [-0.2, -0.15) is 0 Å². The molecule has 0 fully saturated rings. The molecule has 0 aliphatic carbocycles. The molecule has 0 saturated carbocycles. The number of benzene rings is 1. The summed E-state index contributed by atoms with van der Waals surface area (Å²) in [4.78, 5) is 22.6. The summed E-state index contributed by atoms with van der Waals surface area (Å²) >= 11 is 0. The van der Waals surface area contributed by atoms with Crippen LogP contribution in [-0.2, 0) is 16.0 Å². The van der Waals surface area contributed by atoms with Crippen molar-refractivity contribution in [3.05, 3.63) is 29.8 Å². The van der Waals surface area contributed by atoms with Crippen molar-refractivity contribution in [2.45, 2.75) is 20.3 Å². The molecule has 0 heterocycles. The Hall–Kier alpha value is -2.04. The SMILES string of the molecule is COc1ccc(CCNC(=O)C(C)C(C)C(=O)O)cc1. The summed E-state index contributed by atoms with van der Waals surface area (Å²) in [5.41, 5.74) is 1.09. The van der Waals surface area contributed by atoms with Crippen LogP contribution in [0.5, 0.6) is 5.75 Å². The van der Waals surface area contributed by atoms with Crippen molar-refractivity contribution in [2.24, 2.45) is 11.8 Å². The molecule has 5 heteroatoms. The van der Waals surface area contributed by atoms with Gasteiger partial charge in [0, 0.05) is 12.5 Å². The van der Waals surface area contributed by atoms with Gasteiger partial charge in [0.05, 0.1) is 13.0 Å². The lowest BCUT2D eigenvalue weighted by molar-refractivity contribution is -0.146. The molecule has 2 N–H and O–H groups in total. The molecule has 1 aromatic rings. The molecule has 110 valence electrons. The molecule has 0 aliphatic rings. The lowest BCUT2D eigenvalue weighted by atomic mass is 9.95. The quantitative estimate of drug-likeness (QED) is 0.796. The summed E-state index contributed by atoms with van der Waals surface area (Å²) in [5.74, 6) is -1.61. The number of amides is 1. The van der Waals surface area contributed by atoms with Crippen molar-refractivity contribution in [2.75, 3.05) is 13.7 Å². The number of carbonyl (C=O) groups is 2. The molecule has 0 bridgehead atoms. The number of carboxylic acid groups (broad SMARTS) is 1. The van der Waals surface area contributed by atoms with Crippen LogP contribution in [0.3, 0.4) is 0 Å². The minimum Gasteiger partial charge on any atom is -0.497 e. The van der Waals surface area contributed by atoms with E-state index in [1.54, 1.807) is 14.0 Å². The molecular weight excluding hydrogens is 258 g/mol. The Morgan fingerprint density at radius 3 is 2.30 bits per heavy atom. The maximum Gasteiger partial charge on any atom is 0.307 e. The Kier molecular flexibility index (Phi) is 6.03. The number of hydrogen-bond donors (Lipinski definition) is 2. The fourth-order valence-corrected chi connectivity index (χ4v) is 1.72. The van der Waals surface area contributed by atoms with Crippen LogP contribution >= 0.6 is 0 Å². The Morgan fingerprint density at radius 2 is 1.80 bits per heavy atom. The van der Waals surface area contributed by atoms with Crippen LogP contribution in [0.15, 0.2) is 24.3 Å². The Morgan fingerprint density at radius 1 is 1.20 bits per heavy atom. The summed E-state index contributed by atoms with van der Waals surface area (Å²) in [7, 11) is 1.61. The van der Waals surface area contributed by atoms with E-state index in [4.69, 9.17) is 9.84 Å². The molecule has 2 unspecified atom stereocenters. The average Bonchev–Trinajstić information content (AvgIpc) is 2.46. The lowest BCUT2D eigenvalue weighted by Crippen LogP contribution is -2.36. The van der Waals surface area contributed by atoms with Gasteiger partial charge in [-0.15, -0.1) is 0 Å². The minimum atomic E-state index is -0.956. The number of rotatable bonds is 7. The fourth-order valence-electron chi connectivity index (χ4n) is 1.72. The summed E-state index contributed by atoms with van der Waals surface area (Å²) < 4.78 is 5.07. The van der Waals surface area contributed by atoms with E-state index in [1.165, 1.54) is 6.92 Å². The molecule has 5 nitrogen and oxygen atoms in total. The second kappa shape index (κ2) is 7.53. The van der Waals surface area contributed by atoms with Gasteiger partial charge in [-0.3, -0.25) is 9.59 Å². The number of carboxylic acids is 1. The van der Waals surface area contributed by atoms with Gasteiger partial charge < -0.3 is 15.2 Å². The molecule has 1 rings (SSSR count). The van der Waals surface area contributed by atoms with Gasteiger partial charge in [0.2, 0.25) is 5.91 Å². The molecule has 1 aromatic carbocycles. The highest BCUT2D eigenvalue weighted by Gasteiger charge is 2.25. The average molecular weight is 279 g/mol. The number of hydrogen-bond acceptors (Lipinski definition) is 3. The standard InChI is InChI=1S/C15H21NO4/c1-10(11(2)15(18)19)14(17)16-9-8-12-4-6-13(20-3)7-5-12/h4-7,10-11H,8-9H2,1-3H3,(H,16,17)(H,18,19). The Labute approximate surface area is 118 Å². The summed E-state index contributed by atoms with van der Waals surface area (Å²) in [6.07, 6.45) is 0.698. The predicted octanol–water partition coefficient (Wildman–Crippen LogP) is 1.71. The van der Waals surface area contributed by atoms with Crippen LogP contribution in [0.25, 0.3) is 0 Å². The van der Waals surface area contributed by atoms with E-state index < -0.39 is 17.8 Å². The van der Waals surface area contributed by atoms with Crippen LogP contribution in [0, 0.1) is 11.8 Å². The predicted molar refractivity (Wildman–Crippen MR) is 75.7 cm³/mol. The van der Waals surface area contributed by atoms with E-state index in [1.807, 2.05) is 24.3 Å². The van der Waals surface area contributed by atoms with Gasteiger partial charge in [0.1, 0.15) is 5.75 Å². The van der Waals surface area contributed by atoms with E-state index in [0.717, 1.165) is 11.3 Å². The smallest absolute Gasteiger partial charge is 0.307 e. The number of carbonyl (C=O) groups excluding carboxylic acids is 1. The van der Waals surface area contributed by atoms with Gasteiger partial charge in [-0.1, -0.05) is 26.0 Å². The van der Waals surface area contributed by atoms with E-state index in [2.05, 4.69) is 5.32 Å². The maximum atomic E-state index is 11.8. The van der Waals surface area contributed by atoms with Gasteiger partial charge in [0.15, 0.2) is 0 Å². The number of nitrogens with one attached hydrogen (secondary N) is 1. The van der Waals surface area contributed by atoms with E-state index in [9.17, 15) is 9.59 Å². The van der Waals surface area contributed by atoms with Crippen molar-refractivity contribution in [1.29, 1.82) is 0 Å². The molecule has 0 radical (unpaired) electrons. The van der Waals surface area contributed by atoms with Crippen molar-refractivity contribution >= 4 is 11.9 Å². The van der Waals surface area contributed by atoms with Crippen molar-refractivity contribution in [3.8, 4) is 5.75 Å². The zero-order chi connectivity index (χ0) is 15.1. The Balaban J connectivity index is 2.39. The molecule has 0 saturated heterocycles. The topological polar surface area (TPSA) is 75.6 Å². The first-order valence-electron chi connectivity index (χ1n) is 6.59. The van der Waals surface area contributed by atoms with Crippen LogP contribution in [-0.4, -0.2) is 30.6 Å². The summed E-state index contributed by atoms with van der Waals surface area (Å²) in [6.45, 7) is 3.65. The first kappa shape index (κ1) is 16.0. The van der Waals surface area contributed by atoms with Crippen LogP contribution in [0.4, 0.5) is 0 Å². The van der Waals surface area contributed by atoms with Crippen LogP contribution in [0.2, 0.25) is 0 Å². The monoisotopic (exact) mass is 279 g/mol. The maximum absolute atomic E-state index is 11.8. The first-order chi connectivity index (χ1) is 9.45. The van der Waals surface area contributed by atoms with E-state index >= 15 is 0 Å². The Bertz CT molecular complexity index is 455. The van der Waals surface area contributed by atoms with Crippen LogP contribution < -0.4 is 10.1 Å². The van der Waals surface area contributed by atoms with E-state index in [-0.39, 0.29) is 5.91 Å². The molecule has 0 aromatic heterocycles. The summed E-state index contributed by atoms with van der Waals surface area (Å²) in [5, 5.41) is 11.6. The molecule has 20 heavy (non-hydrogen) atoms. The first-order valence-corrected chi connectivity index (χ1v) is 6.59. The zero-order valence-corrected chi connectivity index (χ0v) is 12.1. The van der Waals surface area contributed by atoms with Crippen molar-refractivity contribution in [1.82, 2.24) is 5.32 Å².